The highest BCUT2D eigenvalue weighted by Crippen LogP contribution is 2.15. The molecule has 0 saturated carbocycles. The molecule has 1 aromatic carbocycles. The normalized spacial score (nSPS) is 10.0. The lowest BCUT2D eigenvalue weighted by Crippen LogP contribution is -2.12. The molecule has 6 heteroatoms. The molecule has 0 amide bonds. The molecule has 0 fully saturated rings. The predicted molar refractivity (Wildman–Crippen MR) is 74.0 cm³/mol. The van der Waals surface area contributed by atoms with E-state index in [0.29, 0.717) is 18.1 Å². The predicted octanol–water partition coefficient (Wildman–Crippen LogP) is 3.03. The van der Waals surface area contributed by atoms with Crippen molar-refractivity contribution < 1.29 is 13.5 Å². The Hall–Kier alpha value is -2.68. The molecule has 0 bridgehead atoms. The highest BCUT2D eigenvalue weighted by atomic mass is 19.2. The summed E-state index contributed by atoms with van der Waals surface area (Å²) in [5.41, 5.74) is 1.17. The van der Waals surface area contributed by atoms with Gasteiger partial charge in [0.25, 0.3) is 0 Å². The van der Waals surface area contributed by atoms with Crippen molar-refractivity contribution in [3.8, 4) is 11.8 Å². The van der Waals surface area contributed by atoms with E-state index in [-0.39, 0.29) is 12.4 Å². The van der Waals surface area contributed by atoms with Gasteiger partial charge in [0.15, 0.2) is 11.6 Å². The number of aromatic nitrogens is 1. The number of ether oxygens (including phenoxy) is 1. The van der Waals surface area contributed by atoms with Gasteiger partial charge in [0.2, 0.25) is 0 Å². The molecule has 0 aliphatic carbocycles. The molecule has 0 unspecified atom stereocenters. The van der Waals surface area contributed by atoms with Crippen LogP contribution in [0.3, 0.4) is 0 Å². The number of anilines is 1. The summed E-state index contributed by atoms with van der Waals surface area (Å²) in [5.74, 6) is -1.04. The van der Waals surface area contributed by atoms with Crippen LogP contribution in [0.2, 0.25) is 0 Å². The van der Waals surface area contributed by atoms with E-state index >= 15 is 0 Å². The van der Waals surface area contributed by atoms with Crippen LogP contribution in [0.15, 0.2) is 30.3 Å². The van der Waals surface area contributed by atoms with Gasteiger partial charge in [0, 0.05) is 6.07 Å². The van der Waals surface area contributed by atoms with Crippen LogP contribution in [0.25, 0.3) is 0 Å². The van der Waals surface area contributed by atoms with Gasteiger partial charge in [-0.25, -0.2) is 13.8 Å². The lowest BCUT2D eigenvalue weighted by Gasteiger charge is -2.09. The van der Waals surface area contributed by atoms with Gasteiger partial charge in [-0.05, 0) is 30.7 Å². The third-order valence-electron chi connectivity index (χ3n) is 2.77. The Morgan fingerprint density at radius 3 is 2.76 bits per heavy atom. The second-order valence-corrected chi connectivity index (χ2v) is 4.32. The molecule has 1 N–H and O–H groups in total. The highest BCUT2D eigenvalue weighted by molar-refractivity contribution is 5.42. The quantitative estimate of drug-likeness (QED) is 0.860. The maximum atomic E-state index is 13.0. The zero-order valence-electron chi connectivity index (χ0n) is 11.4. The Balaban J connectivity index is 1.84. The zero-order chi connectivity index (χ0) is 15.2. The average molecular weight is 289 g/mol. The monoisotopic (exact) mass is 289 g/mol. The van der Waals surface area contributed by atoms with E-state index in [1.807, 2.05) is 13.0 Å². The summed E-state index contributed by atoms with van der Waals surface area (Å²) in [6.45, 7) is 2.48. The van der Waals surface area contributed by atoms with Gasteiger partial charge < -0.3 is 10.1 Å². The minimum atomic E-state index is -0.945. The van der Waals surface area contributed by atoms with E-state index in [9.17, 15) is 8.78 Å². The summed E-state index contributed by atoms with van der Waals surface area (Å²) in [4.78, 5) is 4.12. The van der Waals surface area contributed by atoms with Crippen LogP contribution in [-0.4, -0.2) is 18.1 Å². The Morgan fingerprint density at radius 1 is 1.24 bits per heavy atom. The molecule has 0 radical (unpaired) electrons. The van der Waals surface area contributed by atoms with Crippen LogP contribution in [-0.2, 0) is 0 Å². The Bertz CT molecular complexity index is 683. The first-order valence-corrected chi connectivity index (χ1v) is 6.29. The van der Waals surface area contributed by atoms with Gasteiger partial charge in [0.1, 0.15) is 29.9 Å². The first-order chi connectivity index (χ1) is 10.1. The van der Waals surface area contributed by atoms with E-state index in [4.69, 9.17) is 10.00 Å². The summed E-state index contributed by atoms with van der Waals surface area (Å²) in [7, 11) is 0. The van der Waals surface area contributed by atoms with Crippen LogP contribution >= 0.6 is 0 Å². The smallest absolute Gasteiger partial charge is 0.162 e. The lowest BCUT2D eigenvalue weighted by molar-refractivity contribution is 0.329. The molecule has 108 valence electrons. The first-order valence-electron chi connectivity index (χ1n) is 6.29. The molecule has 1 aromatic heterocycles. The fourth-order valence-corrected chi connectivity index (χ4v) is 1.66. The average Bonchev–Trinajstić information content (AvgIpc) is 2.48. The molecule has 0 saturated heterocycles. The third kappa shape index (κ3) is 3.89. The Kier molecular flexibility index (Phi) is 4.67. The van der Waals surface area contributed by atoms with Crippen molar-refractivity contribution in [2.75, 3.05) is 18.5 Å². The van der Waals surface area contributed by atoms with Crippen LogP contribution in [0, 0.1) is 29.9 Å². The summed E-state index contributed by atoms with van der Waals surface area (Å²) in [6, 6.07) is 8.92. The molecular formula is C15H13F2N3O. The van der Waals surface area contributed by atoms with Gasteiger partial charge in [-0.2, -0.15) is 5.26 Å². The van der Waals surface area contributed by atoms with Crippen LogP contribution in [0.5, 0.6) is 5.75 Å². The van der Waals surface area contributed by atoms with Gasteiger partial charge in [-0.15, -0.1) is 0 Å². The third-order valence-corrected chi connectivity index (χ3v) is 2.77. The number of nitrogens with zero attached hydrogens (tertiary/aromatic N) is 2. The summed E-state index contributed by atoms with van der Waals surface area (Å²) in [6.07, 6.45) is 0. The van der Waals surface area contributed by atoms with E-state index in [1.54, 1.807) is 12.1 Å². The second kappa shape index (κ2) is 6.66. The topological polar surface area (TPSA) is 57.9 Å². The molecular weight excluding hydrogens is 276 g/mol. The van der Waals surface area contributed by atoms with E-state index in [0.717, 1.165) is 17.7 Å². The van der Waals surface area contributed by atoms with Crippen LogP contribution < -0.4 is 10.1 Å². The van der Waals surface area contributed by atoms with Crippen molar-refractivity contribution in [3.05, 3.63) is 53.2 Å². The molecule has 4 nitrogen and oxygen atoms in total. The maximum Gasteiger partial charge on any atom is 0.162 e. The van der Waals surface area contributed by atoms with E-state index < -0.39 is 11.6 Å². The number of hydrogen-bond donors (Lipinski definition) is 1. The number of aryl methyl sites for hydroxylation is 1. The van der Waals surface area contributed by atoms with Crippen molar-refractivity contribution in [3.63, 3.8) is 0 Å². The molecule has 2 aromatic rings. The second-order valence-electron chi connectivity index (χ2n) is 4.32. The first kappa shape index (κ1) is 14.7. The number of hydrogen-bond acceptors (Lipinski definition) is 4. The van der Waals surface area contributed by atoms with Crippen LogP contribution in [0.4, 0.5) is 14.6 Å². The molecule has 0 spiro atoms. The molecule has 1 heterocycles. The number of benzene rings is 1. The molecule has 21 heavy (non-hydrogen) atoms. The minimum absolute atomic E-state index is 0.252. The fraction of sp³-hybridized carbons (Fsp3) is 0.200. The van der Waals surface area contributed by atoms with E-state index in [1.165, 1.54) is 6.07 Å². The molecule has 2 rings (SSSR count). The van der Waals surface area contributed by atoms with Gasteiger partial charge in [0.05, 0.1) is 6.54 Å². The molecule has 0 atom stereocenters. The zero-order valence-corrected chi connectivity index (χ0v) is 11.4. The highest BCUT2D eigenvalue weighted by Gasteiger charge is 2.04. The van der Waals surface area contributed by atoms with E-state index in [2.05, 4.69) is 10.3 Å². The largest absolute Gasteiger partial charge is 0.492 e. The summed E-state index contributed by atoms with van der Waals surface area (Å²) in [5, 5.41) is 11.9. The van der Waals surface area contributed by atoms with Crippen molar-refractivity contribution in [2.24, 2.45) is 0 Å². The van der Waals surface area contributed by atoms with Crippen molar-refractivity contribution >= 4 is 5.82 Å². The van der Waals surface area contributed by atoms with Crippen molar-refractivity contribution in [2.45, 2.75) is 6.92 Å². The van der Waals surface area contributed by atoms with Gasteiger partial charge in [-0.1, -0.05) is 6.07 Å². The minimum Gasteiger partial charge on any atom is -0.492 e. The van der Waals surface area contributed by atoms with Gasteiger partial charge in [-0.3, -0.25) is 0 Å². The molecule has 0 aliphatic heterocycles. The Morgan fingerprint density at radius 2 is 2.05 bits per heavy atom. The number of halogens is 2. The van der Waals surface area contributed by atoms with Crippen molar-refractivity contribution in [1.29, 1.82) is 5.26 Å². The number of pyridine rings is 1. The van der Waals surface area contributed by atoms with Crippen molar-refractivity contribution in [1.82, 2.24) is 4.98 Å². The van der Waals surface area contributed by atoms with Gasteiger partial charge >= 0.3 is 0 Å². The standard InChI is InChI=1S/C15H13F2N3O/c1-10-2-5-15(20-14(10)9-18)19-6-7-21-11-3-4-12(16)13(17)8-11/h2-5,8H,6-7H2,1H3,(H,19,20). The summed E-state index contributed by atoms with van der Waals surface area (Å²) >= 11 is 0. The number of nitriles is 1. The number of rotatable bonds is 5. The SMILES string of the molecule is Cc1ccc(NCCOc2ccc(F)c(F)c2)nc1C#N. The maximum absolute atomic E-state index is 13.0. The fourth-order valence-electron chi connectivity index (χ4n) is 1.66. The van der Waals surface area contributed by atoms with Crippen LogP contribution in [0.1, 0.15) is 11.3 Å². The number of nitrogens with one attached hydrogen (secondary N) is 1. The summed E-state index contributed by atoms with van der Waals surface area (Å²) < 4.78 is 31.0. The molecule has 0 aliphatic rings. The Labute approximate surface area is 121 Å². The lowest BCUT2D eigenvalue weighted by atomic mass is 10.2.